The Kier molecular flexibility index (Phi) is 4.90. The Morgan fingerprint density at radius 2 is 2.00 bits per heavy atom. The van der Waals surface area contributed by atoms with Crippen molar-refractivity contribution in [2.45, 2.75) is 19.5 Å². The summed E-state index contributed by atoms with van der Waals surface area (Å²) < 4.78 is 4.98. The number of ether oxygens (including phenoxy) is 1. The van der Waals surface area contributed by atoms with Crippen molar-refractivity contribution in [3.05, 3.63) is 59.3 Å². The van der Waals surface area contributed by atoms with E-state index < -0.39 is 6.04 Å². The number of nitrogens with one attached hydrogen (secondary N) is 1. The van der Waals surface area contributed by atoms with E-state index in [1.165, 1.54) is 0 Å². The number of carbonyl (C=O) groups excluding carboxylic acids is 1. The van der Waals surface area contributed by atoms with E-state index in [1.54, 1.807) is 19.4 Å². The van der Waals surface area contributed by atoms with Gasteiger partial charge in [0.05, 0.1) is 7.11 Å². The van der Waals surface area contributed by atoms with Crippen LogP contribution in [-0.4, -0.2) is 18.0 Å². The van der Waals surface area contributed by atoms with Crippen molar-refractivity contribution in [3.8, 4) is 5.88 Å². The van der Waals surface area contributed by atoms with Crippen molar-refractivity contribution in [3.63, 3.8) is 0 Å². The van der Waals surface area contributed by atoms with Crippen LogP contribution in [0.1, 0.15) is 22.7 Å². The van der Waals surface area contributed by atoms with Gasteiger partial charge in [0.1, 0.15) is 6.04 Å². The van der Waals surface area contributed by atoms with Crippen LogP contribution in [0.4, 0.5) is 0 Å². The first-order valence-electron chi connectivity index (χ1n) is 6.69. The molecule has 0 saturated carbocycles. The third kappa shape index (κ3) is 4.03. The van der Waals surface area contributed by atoms with E-state index in [1.807, 2.05) is 37.3 Å². The van der Waals surface area contributed by atoms with E-state index in [0.717, 1.165) is 16.7 Å². The van der Waals surface area contributed by atoms with Gasteiger partial charge in [-0.3, -0.25) is 4.79 Å². The van der Waals surface area contributed by atoms with Gasteiger partial charge in [0, 0.05) is 18.8 Å². The third-order valence-electron chi connectivity index (χ3n) is 3.19. The second kappa shape index (κ2) is 6.85. The number of carbonyl (C=O) groups is 1. The van der Waals surface area contributed by atoms with Gasteiger partial charge in [-0.15, -0.1) is 0 Å². The molecule has 2 aromatic rings. The number of amides is 1. The Morgan fingerprint density at radius 1 is 1.29 bits per heavy atom. The number of rotatable bonds is 5. The summed E-state index contributed by atoms with van der Waals surface area (Å²) in [7, 11) is 1.56. The molecule has 1 unspecified atom stereocenters. The summed E-state index contributed by atoms with van der Waals surface area (Å²) in [6.45, 7) is 2.38. The molecule has 110 valence electrons. The Labute approximate surface area is 124 Å². The van der Waals surface area contributed by atoms with Gasteiger partial charge in [-0.25, -0.2) is 4.98 Å². The van der Waals surface area contributed by atoms with Crippen molar-refractivity contribution < 1.29 is 9.53 Å². The standard InChI is InChI=1S/C16H19N3O2/c1-11-3-6-13(7-4-11)15(17)16(20)19-10-12-5-8-14(21-2)18-9-12/h3-9,15H,10,17H2,1-2H3,(H,19,20). The minimum absolute atomic E-state index is 0.213. The first-order valence-corrected chi connectivity index (χ1v) is 6.69. The molecule has 0 aliphatic carbocycles. The molecule has 0 spiro atoms. The lowest BCUT2D eigenvalue weighted by molar-refractivity contribution is -0.122. The number of aromatic nitrogens is 1. The van der Waals surface area contributed by atoms with Crippen molar-refractivity contribution >= 4 is 5.91 Å². The lowest BCUT2D eigenvalue weighted by Crippen LogP contribution is -2.33. The van der Waals surface area contributed by atoms with E-state index >= 15 is 0 Å². The number of hydrogen-bond donors (Lipinski definition) is 2. The van der Waals surface area contributed by atoms with E-state index in [2.05, 4.69) is 10.3 Å². The summed E-state index contributed by atoms with van der Waals surface area (Å²) >= 11 is 0. The first-order chi connectivity index (χ1) is 10.1. The number of methoxy groups -OCH3 is 1. The van der Waals surface area contributed by atoms with Gasteiger partial charge in [-0.05, 0) is 18.1 Å². The highest BCUT2D eigenvalue weighted by atomic mass is 16.5. The number of nitrogens with two attached hydrogens (primary N) is 1. The summed E-state index contributed by atoms with van der Waals surface area (Å²) in [6.07, 6.45) is 1.66. The summed E-state index contributed by atoms with van der Waals surface area (Å²) in [5, 5.41) is 2.80. The van der Waals surface area contributed by atoms with E-state index in [0.29, 0.717) is 12.4 Å². The SMILES string of the molecule is COc1ccc(CNC(=O)C(N)c2ccc(C)cc2)cn1. The highest BCUT2D eigenvalue weighted by molar-refractivity contribution is 5.82. The van der Waals surface area contributed by atoms with E-state index in [4.69, 9.17) is 10.5 Å². The van der Waals surface area contributed by atoms with Crippen LogP contribution in [0.3, 0.4) is 0 Å². The fourth-order valence-corrected chi connectivity index (χ4v) is 1.86. The molecule has 1 heterocycles. The Bertz CT molecular complexity index is 594. The molecule has 5 heteroatoms. The molecule has 0 fully saturated rings. The van der Waals surface area contributed by atoms with Crippen LogP contribution in [0, 0.1) is 6.92 Å². The molecular formula is C16H19N3O2. The first kappa shape index (κ1) is 15.0. The summed E-state index contributed by atoms with van der Waals surface area (Å²) in [5.41, 5.74) is 8.77. The maximum atomic E-state index is 12.0. The predicted octanol–water partition coefficient (Wildman–Crippen LogP) is 1.71. The van der Waals surface area contributed by atoms with Crippen molar-refractivity contribution in [1.29, 1.82) is 0 Å². The topological polar surface area (TPSA) is 77.2 Å². The average molecular weight is 285 g/mol. The highest BCUT2D eigenvalue weighted by Gasteiger charge is 2.15. The average Bonchev–Trinajstić information content (AvgIpc) is 2.53. The lowest BCUT2D eigenvalue weighted by Gasteiger charge is -2.13. The fourth-order valence-electron chi connectivity index (χ4n) is 1.86. The Morgan fingerprint density at radius 3 is 2.57 bits per heavy atom. The van der Waals surface area contributed by atoms with Gasteiger partial charge < -0.3 is 15.8 Å². The van der Waals surface area contributed by atoms with Crippen LogP contribution in [-0.2, 0) is 11.3 Å². The zero-order chi connectivity index (χ0) is 15.2. The molecule has 5 nitrogen and oxygen atoms in total. The molecule has 1 aromatic heterocycles. The van der Waals surface area contributed by atoms with Crippen molar-refractivity contribution in [2.24, 2.45) is 5.73 Å². The monoisotopic (exact) mass is 285 g/mol. The van der Waals surface area contributed by atoms with Crippen LogP contribution >= 0.6 is 0 Å². The van der Waals surface area contributed by atoms with Gasteiger partial charge in [0.25, 0.3) is 0 Å². The molecule has 1 atom stereocenters. The molecule has 1 amide bonds. The summed E-state index contributed by atoms with van der Waals surface area (Å²) in [5.74, 6) is 0.330. The number of benzene rings is 1. The highest BCUT2D eigenvalue weighted by Crippen LogP contribution is 2.12. The van der Waals surface area contributed by atoms with Crippen molar-refractivity contribution in [1.82, 2.24) is 10.3 Å². The van der Waals surface area contributed by atoms with Crippen molar-refractivity contribution in [2.75, 3.05) is 7.11 Å². The predicted molar refractivity (Wildman–Crippen MR) is 80.7 cm³/mol. The molecule has 2 rings (SSSR count). The van der Waals surface area contributed by atoms with Gasteiger partial charge in [-0.1, -0.05) is 35.9 Å². The lowest BCUT2D eigenvalue weighted by atomic mass is 10.1. The molecule has 0 radical (unpaired) electrons. The zero-order valence-electron chi connectivity index (χ0n) is 12.2. The van der Waals surface area contributed by atoms with Crippen LogP contribution in [0.25, 0.3) is 0 Å². The van der Waals surface area contributed by atoms with Crippen LogP contribution in [0.5, 0.6) is 5.88 Å². The van der Waals surface area contributed by atoms with E-state index in [-0.39, 0.29) is 5.91 Å². The van der Waals surface area contributed by atoms with Crippen LogP contribution in [0.15, 0.2) is 42.6 Å². The van der Waals surface area contributed by atoms with Gasteiger partial charge in [0.15, 0.2) is 0 Å². The number of hydrogen-bond acceptors (Lipinski definition) is 4. The third-order valence-corrected chi connectivity index (χ3v) is 3.19. The number of nitrogens with zero attached hydrogens (tertiary/aromatic N) is 1. The summed E-state index contributed by atoms with van der Waals surface area (Å²) in [6, 6.07) is 10.6. The molecular weight excluding hydrogens is 266 g/mol. The molecule has 0 bridgehead atoms. The summed E-state index contributed by atoms with van der Waals surface area (Å²) in [4.78, 5) is 16.1. The fraction of sp³-hybridized carbons (Fsp3) is 0.250. The Balaban J connectivity index is 1.92. The van der Waals surface area contributed by atoms with Crippen LogP contribution in [0.2, 0.25) is 0 Å². The molecule has 0 saturated heterocycles. The maximum Gasteiger partial charge on any atom is 0.241 e. The zero-order valence-corrected chi connectivity index (χ0v) is 12.2. The van der Waals surface area contributed by atoms with Gasteiger partial charge in [-0.2, -0.15) is 0 Å². The molecule has 3 N–H and O–H groups in total. The number of pyridine rings is 1. The van der Waals surface area contributed by atoms with Gasteiger partial charge in [0.2, 0.25) is 11.8 Å². The smallest absolute Gasteiger partial charge is 0.241 e. The minimum Gasteiger partial charge on any atom is -0.481 e. The van der Waals surface area contributed by atoms with Crippen LogP contribution < -0.4 is 15.8 Å². The normalized spacial score (nSPS) is 11.8. The molecule has 0 aliphatic heterocycles. The van der Waals surface area contributed by atoms with Gasteiger partial charge >= 0.3 is 0 Å². The molecule has 0 aliphatic rings. The number of aryl methyl sites for hydroxylation is 1. The largest absolute Gasteiger partial charge is 0.481 e. The maximum absolute atomic E-state index is 12.0. The Hall–Kier alpha value is -2.40. The molecule has 1 aromatic carbocycles. The second-order valence-electron chi connectivity index (χ2n) is 4.81. The minimum atomic E-state index is -0.670. The second-order valence-corrected chi connectivity index (χ2v) is 4.81. The quantitative estimate of drug-likeness (QED) is 0.877. The molecule has 21 heavy (non-hydrogen) atoms. The van der Waals surface area contributed by atoms with E-state index in [9.17, 15) is 4.79 Å².